The molecule has 1 unspecified atom stereocenters. The molecule has 0 radical (unpaired) electrons. The van der Waals surface area contributed by atoms with Gasteiger partial charge in [-0.25, -0.2) is 9.97 Å². The fourth-order valence-electron chi connectivity index (χ4n) is 3.84. The normalized spacial score (nSPS) is 15.8. The molecule has 1 aliphatic rings. The lowest BCUT2D eigenvalue weighted by atomic mass is 10.2. The van der Waals surface area contributed by atoms with Crippen LogP contribution in [0.5, 0.6) is 0 Å². The fraction of sp³-hybridized carbons (Fsp3) is 0.167. The van der Waals surface area contributed by atoms with E-state index in [4.69, 9.17) is 9.97 Å². The predicted molar refractivity (Wildman–Crippen MR) is 130 cm³/mol. The van der Waals surface area contributed by atoms with Crippen LogP contribution in [0.4, 0.5) is 11.4 Å². The van der Waals surface area contributed by atoms with E-state index in [9.17, 15) is 9.59 Å². The lowest BCUT2D eigenvalue weighted by molar-refractivity contribution is -0.117. The van der Waals surface area contributed by atoms with Crippen molar-refractivity contribution in [2.75, 3.05) is 16.0 Å². The Bertz CT molecular complexity index is 1310. The van der Waals surface area contributed by atoms with Gasteiger partial charge in [0.1, 0.15) is 5.03 Å². The van der Waals surface area contributed by atoms with Crippen LogP contribution >= 0.6 is 23.1 Å². The van der Waals surface area contributed by atoms with Crippen molar-refractivity contribution in [2.24, 2.45) is 0 Å². The first kappa shape index (κ1) is 20.7. The summed E-state index contributed by atoms with van der Waals surface area (Å²) in [6.07, 6.45) is 0.254. The third-order valence-corrected chi connectivity index (χ3v) is 7.11. The van der Waals surface area contributed by atoms with Crippen molar-refractivity contribution < 1.29 is 9.59 Å². The maximum atomic E-state index is 13.4. The Hall–Kier alpha value is -3.23. The number of para-hydroxylation sites is 3. The summed E-state index contributed by atoms with van der Waals surface area (Å²) in [5, 5.41) is 6.60. The Morgan fingerprint density at radius 2 is 1.94 bits per heavy atom. The second-order valence-electron chi connectivity index (χ2n) is 7.52. The molecule has 0 aliphatic carbocycles. The fourth-order valence-corrected chi connectivity index (χ4v) is 5.38. The van der Waals surface area contributed by atoms with E-state index in [1.807, 2.05) is 73.0 Å². The third-order valence-electron chi connectivity index (χ3n) is 5.27. The molecule has 160 valence electrons. The third kappa shape index (κ3) is 3.99. The van der Waals surface area contributed by atoms with Crippen LogP contribution in [0.25, 0.3) is 21.6 Å². The minimum Gasteiger partial charge on any atom is -0.324 e. The number of amides is 2. The molecule has 1 N–H and O–H groups in total. The van der Waals surface area contributed by atoms with Gasteiger partial charge in [0, 0.05) is 17.8 Å². The first-order valence-corrected chi connectivity index (χ1v) is 12.1. The van der Waals surface area contributed by atoms with Crippen LogP contribution in [0.15, 0.2) is 71.1 Å². The second kappa shape index (κ2) is 8.72. The van der Waals surface area contributed by atoms with Crippen LogP contribution in [0.3, 0.4) is 0 Å². The molecule has 0 fully saturated rings. The zero-order chi connectivity index (χ0) is 22.1. The van der Waals surface area contributed by atoms with Crippen LogP contribution in [0.2, 0.25) is 0 Å². The van der Waals surface area contributed by atoms with Gasteiger partial charge in [-0.1, -0.05) is 48.2 Å². The minimum atomic E-state index is -0.240. The molecule has 0 bridgehead atoms. The maximum absolute atomic E-state index is 13.4. The minimum absolute atomic E-state index is 0.0631. The maximum Gasteiger partial charge on any atom is 0.237 e. The molecule has 8 heteroatoms. The number of thiophene rings is 1. The quantitative estimate of drug-likeness (QED) is 0.334. The summed E-state index contributed by atoms with van der Waals surface area (Å²) in [4.78, 5) is 37.8. The van der Waals surface area contributed by atoms with Crippen molar-refractivity contribution in [3.8, 4) is 10.7 Å². The Morgan fingerprint density at radius 1 is 1.12 bits per heavy atom. The summed E-state index contributed by atoms with van der Waals surface area (Å²) in [6, 6.07) is 19.0. The van der Waals surface area contributed by atoms with E-state index < -0.39 is 0 Å². The summed E-state index contributed by atoms with van der Waals surface area (Å²) < 4.78 is 0. The number of aromatic nitrogens is 2. The topological polar surface area (TPSA) is 75.2 Å². The lowest BCUT2D eigenvalue weighted by Crippen LogP contribution is -2.40. The monoisotopic (exact) mass is 460 g/mol. The van der Waals surface area contributed by atoms with Crippen LogP contribution in [-0.4, -0.2) is 33.6 Å². The molecule has 0 spiro atoms. The number of rotatable bonds is 4. The Balaban J connectivity index is 1.46. The summed E-state index contributed by atoms with van der Waals surface area (Å²) >= 11 is 2.99. The number of nitrogens with zero attached hydrogens (tertiary/aromatic N) is 3. The van der Waals surface area contributed by atoms with Gasteiger partial charge in [0.2, 0.25) is 11.8 Å². The van der Waals surface area contributed by atoms with Gasteiger partial charge in [-0.2, -0.15) is 0 Å². The number of fused-ring (bicyclic) bond motifs is 2. The molecular weight excluding hydrogens is 440 g/mol. The average Bonchev–Trinajstić information content (AvgIpc) is 3.29. The summed E-state index contributed by atoms with van der Waals surface area (Å²) in [5.74, 6) is 0.719. The summed E-state index contributed by atoms with van der Waals surface area (Å²) in [6.45, 7) is 1.90. The summed E-state index contributed by atoms with van der Waals surface area (Å²) in [5.41, 5.74) is 2.24. The van der Waals surface area contributed by atoms with E-state index in [-0.39, 0.29) is 30.0 Å². The molecule has 2 aromatic heterocycles. The molecule has 6 nitrogen and oxygen atoms in total. The van der Waals surface area contributed by atoms with Gasteiger partial charge in [0.05, 0.1) is 27.5 Å². The van der Waals surface area contributed by atoms with Crippen LogP contribution in [-0.2, 0) is 9.59 Å². The zero-order valence-electron chi connectivity index (χ0n) is 17.3. The molecule has 3 heterocycles. The van der Waals surface area contributed by atoms with E-state index in [1.54, 1.807) is 16.2 Å². The number of carbonyl (C=O) groups excluding carboxylic acids is 2. The number of benzene rings is 2. The van der Waals surface area contributed by atoms with Crippen molar-refractivity contribution in [1.29, 1.82) is 0 Å². The zero-order valence-corrected chi connectivity index (χ0v) is 19.0. The Labute approximate surface area is 193 Å². The predicted octanol–water partition coefficient (Wildman–Crippen LogP) is 5.21. The Morgan fingerprint density at radius 3 is 2.78 bits per heavy atom. The van der Waals surface area contributed by atoms with Crippen molar-refractivity contribution in [2.45, 2.75) is 24.4 Å². The van der Waals surface area contributed by atoms with Gasteiger partial charge in [0.15, 0.2) is 5.82 Å². The molecule has 4 aromatic rings. The highest BCUT2D eigenvalue weighted by atomic mass is 32.2. The van der Waals surface area contributed by atoms with Gasteiger partial charge >= 0.3 is 0 Å². The SMILES string of the molecule is CC1CC(=O)Nc2ccccc2N1C(=O)CSc1nc(-c2cccs2)nc2ccccc12. The number of carbonyl (C=O) groups is 2. The van der Waals surface area contributed by atoms with Gasteiger partial charge in [-0.15, -0.1) is 11.3 Å². The number of anilines is 2. The molecular formula is C24H20N4O2S2. The number of thioether (sulfide) groups is 1. The van der Waals surface area contributed by atoms with Crippen LogP contribution in [0, 0.1) is 0 Å². The highest BCUT2D eigenvalue weighted by molar-refractivity contribution is 8.00. The first-order chi connectivity index (χ1) is 15.6. The van der Waals surface area contributed by atoms with Crippen molar-refractivity contribution in [1.82, 2.24) is 9.97 Å². The van der Waals surface area contributed by atoms with Gasteiger partial charge in [-0.05, 0) is 36.6 Å². The lowest BCUT2D eigenvalue weighted by Gasteiger charge is -2.27. The van der Waals surface area contributed by atoms with Gasteiger partial charge in [-0.3, -0.25) is 9.59 Å². The van der Waals surface area contributed by atoms with Crippen molar-refractivity contribution >= 4 is 57.2 Å². The average molecular weight is 461 g/mol. The number of hydrogen-bond acceptors (Lipinski definition) is 6. The highest BCUT2D eigenvalue weighted by Gasteiger charge is 2.29. The van der Waals surface area contributed by atoms with Gasteiger partial charge < -0.3 is 10.2 Å². The number of nitrogens with one attached hydrogen (secondary N) is 1. The van der Waals surface area contributed by atoms with Crippen LogP contribution < -0.4 is 10.2 Å². The van der Waals surface area contributed by atoms with E-state index in [1.165, 1.54) is 11.8 Å². The summed E-state index contributed by atoms with van der Waals surface area (Å²) in [7, 11) is 0. The highest BCUT2D eigenvalue weighted by Crippen LogP contribution is 2.34. The molecule has 0 saturated heterocycles. The molecule has 32 heavy (non-hydrogen) atoms. The molecule has 2 aromatic carbocycles. The molecule has 1 atom stereocenters. The second-order valence-corrected chi connectivity index (χ2v) is 9.43. The molecule has 1 aliphatic heterocycles. The molecule has 0 saturated carbocycles. The van der Waals surface area contributed by atoms with Crippen molar-refractivity contribution in [3.63, 3.8) is 0 Å². The largest absolute Gasteiger partial charge is 0.324 e. The number of hydrogen-bond donors (Lipinski definition) is 1. The van der Waals surface area contributed by atoms with Gasteiger partial charge in [0.25, 0.3) is 0 Å². The Kier molecular flexibility index (Phi) is 5.63. The van der Waals surface area contributed by atoms with Crippen molar-refractivity contribution in [3.05, 3.63) is 66.0 Å². The molecule has 5 rings (SSSR count). The standard InChI is InChI=1S/C24H20N4O2S2/c1-15-13-21(29)25-18-9-4-5-10-19(18)28(15)22(30)14-32-24-16-7-2-3-8-17(16)26-23(27-24)20-11-6-12-31-20/h2-12,15H,13-14H2,1H3,(H,25,29). The smallest absolute Gasteiger partial charge is 0.237 e. The first-order valence-electron chi connectivity index (χ1n) is 10.2. The van der Waals surface area contributed by atoms with E-state index in [2.05, 4.69) is 5.32 Å². The molecule has 2 amide bonds. The van der Waals surface area contributed by atoms with E-state index >= 15 is 0 Å². The van der Waals surface area contributed by atoms with E-state index in [0.717, 1.165) is 26.5 Å². The van der Waals surface area contributed by atoms with Crippen LogP contribution in [0.1, 0.15) is 13.3 Å². The van der Waals surface area contributed by atoms with E-state index in [0.29, 0.717) is 11.5 Å².